The molecule has 0 spiro atoms. The van der Waals surface area contributed by atoms with Gasteiger partial charge in [-0.1, -0.05) is 23.7 Å². The normalized spacial score (nSPS) is 12.0. The molecule has 108 valence electrons. The van der Waals surface area contributed by atoms with E-state index in [0.29, 0.717) is 23.8 Å². The summed E-state index contributed by atoms with van der Waals surface area (Å²) in [5, 5.41) is 0.586. The first kappa shape index (κ1) is 16.4. The lowest BCUT2D eigenvalue weighted by Crippen LogP contribution is -2.28. The predicted molar refractivity (Wildman–Crippen MR) is 76.0 cm³/mol. The van der Waals surface area contributed by atoms with Gasteiger partial charge in [-0.05, 0) is 31.5 Å². The molecule has 4 nitrogen and oxygen atoms in total. The maximum atomic E-state index is 12.1. The van der Waals surface area contributed by atoms with Gasteiger partial charge in [0.25, 0.3) is 0 Å². The molecule has 0 unspecified atom stereocenters. The summed E-state index contributed by atoms with van der Waals surface area (Å²) in [5.74, 6) is -0.182. The Morgan fingerprint density at radius 1 is 1.11 bits per heavy atom. The Kier molecular flexibility index (Phi) is 6.79. The van der Waals surface area contributed by atoms with Crippen molar-refractivity contribution in [3.63, 3.8) is 0 Å². The van der Waals surface area contributed by atoms with Crippen LogP contribution in [0.3, 0.4) is 0 Å². The van der Waals surface area contributed by atoms with Crippen molar-refractivity contribution in [2.24, 2.45) is 0 Å². The summed E-state index contributed by atoms with van der Waals surface area (Å²) in [6.45, 7) is 4.44. The fourth-order valence-electron chi connectivity index (χ4n) is 1.62. The van der Waals surface area contributed by atoms with Gasteiger partial charge in [0.1, 0.15) is 5.75 Å². The summed E-state index contributed by atoms with van der Waals surface area (Å²) in [5.41, 5.74) is 0.705. The van der Waals surface area contributed by atoms with Crippen molar-refractivity contribution < 1.29 is 17.9 Å². The van der Waals surface area contributed by atoms with Crippen molar-refractivity contribution in [3.05, 3.63) is 34.9 Å². The molecule has 0 atom stereocenters. The molecule has 0 aliphatic carbocycles. The van der Waals surface area contributed by atoms with Crippen molar-refractivity contribution >= 4 is 21.4 Å². The van der Waals surface area contributed by atoms with Gasteiger partial charge in [-0.25, -0.2) is 8.42 Å². The van der Waals surface area contributed by atoms with Crippen LogP contribution in [0.15, 0.2) is 24.3 Å². The molecule has 0 N–H and O–H groups in total. The molecule has 0 radical (unpaired) electrons. The highest BCUT2D eigenvalue weighted by Gasteiger charge is 2.20. The Hall–Kier alpha value is -0.620. The number of sulfone groups is 1. The van der Waals surface area contributed by atoms with Crippen LogP contribution in [0.4, 0.5) is 0 Å². The Morgan fingerprint density at radius 3 is 2.11 bits per heavy atom. The minimum Gasteiger partial charge on any atom is -0.352 e. The highest BCUT2D eigenvalue weighted by Crippen LogP contribution is 2.13. The van der Waals surface area contributed by atoms with Crippen LogP contribution in [0, 0.1) is 0 Å². The Bertz CT molecular complexity index is 464. The van der Waals surface area contributed by atoms with E-state index < -0.39 is 16.1 Å². The molecule has 6 heteroatoms. The van der Waals surface area contributed by atoms with Crippen LogP contribution >= 0.6 is 11.6 Å². The highest BCUT2D eigenvalue weighted by atomic mass is 35.5. The minimum absolute atomic E-state index is 0.0409. The van der Waals surface area contributed by atoms with Gasteiger partial charge in [0.15, 0.2) is 16.1 Å². The number of hydrogen-bond acceptors (Lipinski definition) is 4. The predicted octanol–water partition coefficient (Wildman–Crippen LogP) is 2.65. The summed E-state index contributed by atoms with van der Waals surface area (Å²) in [6.07, 6.45) is -0.702. The third kappa shape index (κ3) is 6.38. The van der Waals surface area contributed by atoms with Gasteiger partial charge in [-0.3, -0.25) is 0 Å². The fraction of sp³-hybridized carbons (Fsp3) is 0.538. The topological polar surface area (TPSA) is 52.6 Å². The second-order valence-corrected chi connectivity index (χ2v) is 6.57. The molecule has 0 aromatic heterocycles. The first-order chi connectivity index (χ1) is 8.96. The van der Waals surface area contributed by atoms with E-state index in [1.54, 1.807) is 38.1 Å². The Morgan fingerprint density at radius 2 is 1.63 bits per heavy atom. The van der Waals surface area contributed by atoms with Gasteiger partial charge in [0.2, 0.25) is 0 Å². The van der Waals surface area contributed by atoms with Gasteiger partial charge in [0.05, 0.1) is 5.75 Å². The molecule has 0 aliphatic rings. The quantitative estimate of drug-likeness (QED) is 0.693. The standard InChI is InChI=1S/C13H19ClO4S/c1-3-17-13(18-4-2)10-19(15,16)9-11-5-7-12(14)8-6-11/h5-8,13H,3-4,9-10H2,1-2H3. The van der Waals surface area contributed by atoms with E-state index in [1.165, 1.54) is 0 Å². The summed E-state index contributed by atoms with van der Waals surface area (Å²) in [6, 6.07) is 6.76. The first-order valence-corrected chi connectivity index (χ1v) is 8.35. The lowest BCUT2D eigenvalue weighted by Gasteiger charge is -2.16. The van der Waals surface area contributed by atoms with Crippen LogP contribution in [0.5, 0.6) is 0 Å². The average Bonchev–Trinajstić information content (AvgIpc) is 2.32. The lowest BCUT2D eigenvalue weighted by atomic mass is 10.2. The van der Waals surface area contributed by atoms with E-state index >= 15 is 0 Å². The molecule has 19 heavy (non-hydrogen) atoms. The molecule has 0 bridgehead atoms. The summed E-state index contributed by atoms with van der Waals surface area (Å²) >= 11 is 5.76. The van der Waals surface area contributed by atoms with Gasteiger partial charge in [-0.2, -0.15) is 0 Å². The van der Waals surface area contributed by atoms with E-state index in [4.69, 9.17) is 21.1 Å². The number of ether oxygens (including phenoxy) is 2. The van der Waals surface area contributed by atoms with Crippen LogP contribution in [0.25, 0.3) is 0 Å². The van der Waals surface area contributed by atoms with Gasteiger partial charge in [-0.15, -0.1) is 0 Å². The number of benzene rings is 1. The highest BCUT2D eigenvalue weighted by molar-refractivity contribution is 7.90. The van der Waals surface area contributed by atoms with Crippen LogP contribution < -0.4 is 0 Å². The third-order valence-corrected chi connectivity index (χ3v) is 4.20. The minimum atomic E-state index is -3.28. The summed E-state index contributed by atoms with van der Waals surface area (Å²) in [4.78, 5) is 0. The lowest BCUT2D eigenvalue weighted by molar-refractivity contribution is -0.120. The molecule has 0 saturated heterocycles. The fourth-order valence-corrected chi connectivity index (χ4v) is 3.17. The second kappa shape index (κ2) is 7.85. The van der Waals surface area contributed by atoms with Crippen molar-refractivity contribution in [2.45, 2.75) is 25.9 Å². The number of rotatable bonds is 8. The van der Waals surface area contributed by atoms with Crippen LogP contribution in [0.1, 0.15) is 19.4 Å². The zero-order valence-corrected chi connectivity index (χ0v) is 12.7. The van der Waals surface area contributed by atoms with E-state index in [-0.39, 0.29) is 11.5 Å². The van der Waals surface area contributed by atoms with E-state index in [2.05, 4.69) is 0 Å². The smallest absolute Gasteiger partial charge is 0.171 e. The van der Waals surface area contributed by atoms with Crippen LogP contribution in [-0.4, -0.2) is 33.7 Å². The van der Waals surface area contributed by atoms with Gasteiger partial charge < -0.3 is 9.47 Å². The molecule has 0 heterocycles. The Balaban J connectivity index is 2.66. The molecular formula is C13H19ClO4S. The first-order valence-electron chi connectivity index (χ1n) is 6.15. The maximum absolute atomic E-state index is 12.1. The molecule has 1 aromatic rings. The summed E-state index contributed by atoms with van der Waals surface area (Å²) < 4.78 is 34.6. The Labute approximate surface area is 119 Å². The molecule has 1 aromatic carbocycles. The second-order valence-electron chi connectivity index (χ2n) is 4.02. The van der Waals surface area contributed by atoms with Gasteiger partial charge in [0, 0.05) is 18.2 Å². The SMILES string of the molecule is CCOC(CS(=O)(=O)Cc1ccc(Cl)cc1)OCC. The largest absolute Gasteiger partial charge is 0.352 e. The van der Waals surface area contributed by atoms with Crippen molar-refractivity contribution in [1.82, 2.24) is 0 Å². The molecule has 0 aliphatic heterocycles. The van der Waals surface area contributed by atoms with Crippen molar-refractivity contribution in [3.8, 4) is 0 Å². The molecule has 0 fully saturated rings. The summed E-state index contributed by atoms with van der Waals surface area (Å²) in [7, 11) is -3.28. The van der Waals surface area contributed by atoms with Gasteiger partial charge >= 0.3 is 0 Å². The maximum Gasteiger partial charge on any atom is 0.171 e. The monoisotopic (exact) mass is 306 g/mol. The van der Waals surface area contributed by atoms with E-state index in [9.17, 15) is 8.42 Å². The van der Waals surface area contributed by atoms with Crippen molar-refractivity contribution in [2.75, 3.05) is 19.0 Å². The van der Waals surface area contributed by atoms with Crippen molar-refractivity contribution in [1.29, 1.82) is 0 Å². The third-order valence-electron chi connectivity index (χ3n) is 2.39. The number of hydrogen-bond donors (Lipinski definition) is 0. The van der Waals surface area contributed by atoms with Crippen LogP contribution in [0.2, 0.25) is 5.02 Å². The van der Waals surface area contributed by atoms with E-state index in [0.717, 1.165) is 0 Å². The molecule has 0 saturated carbocycles. The van der Waals surface area contributed by atoms with Crippen LogP contribution in [-0.2, 0) is 25.1 Å². The molecule has 1 rings (SSSR count). The number of halogens is 1. The van der Waals surface area contributed by atoms with E-state index in [1.807, 2.05) is 0 Å². The molecule has 0 amide bonds. The average molecular weight is 307 g/mol. The molecular weight excluding hydrogens is 288 g/mol. The zero-order valence-electron chi connectivity index (χ0n) is 11.1. The zero-order chi connectivity index (χ0) is 14.3.